The van der Waals surface area contributed by atoms with Gasteiger partial charge in [0.05, 0.1) is 19.1 Å². The van der Waals surface area contributed by atoms with Crippen LogP contribution in [-0.2, 0) is 16.1 Å². The van der Waals surface area contributed by atoms with Crippen LogP contribution >= 0.6 is 0 Å². The van der Waals surface area contributed by atoms with Gasteiger partial charge in [-0.3, -0.25) is 4.79 Å². The molecule has 5 heteroatoms. The first-order chi connectivity index (χ1) is 8.56. The number of ether oxygens (including phenoxy) is 1. The fourth-order valence-electron chi connectivity index (χ4n) is 1.53. The van der Waals surface area contributed by atoms with Gasteiger partial charge in [-0.15, -0.1) is 0 Å². The van der Waals surface area contributed by atoms with Gasteiger partial charge in [-0.2, -0.15) is 5.26 Å². The number of carbonyl (C=O) groups excluding carboxylic acids is 1. The van der Waals surface area contributed by atoms with Crippen molar-refractivity contribution in [3.8, 4) is 6.07 Å². The van der Waals surface area contributed by atoms with E-state index in [2.05, 4.69) is 4.74 Å². The van der Waals surface area contributed by atoms with E-state index in [0.717, 1.165) is 5.56 Å². The lowest BCUT2D eigenvalue weighted by Gasteiger charge is -2.16. The van der Waals surface area contributed by atoms with E-state index in [-0.39, 0.29) is 11.5 Å². The van der Waals surface area contributed by atoms with Gasteiger partial charge >= 0.3 is 5.97 Å². The molecule has 0 heterocycles. The average molecular weight is 250 g/mol. The summed E-state index contributed by atoms with van der Waals surface area (Å²) in [5.41, 5.74) is 0.870. The van der Waals surface area contributed by atoms with Crippen molar-refractivity contribution in [3.05, 3.63) is 35.1 Å². The van der Waals surface area contributed by atoms with Crippen molar-refractivity contribution in [1.29, 1.82) is 5.26 Å². The third kappa shape index (κ3) is 4.15. The molecule has 96 valence electrons. The van der Waals surface area contributed by atoms with Gasteiger partial charge in [0.25, 0.3) is 0 Å². The monoisotopic (exact) mass is 250 g/mol. The van der Waals surface area contributed by atoms with E-state index in [0.29, 0.717) is 19.5 Å². The Kier molecular flexibility index (Phi) is 5.28. The number of hydrogen-bond acceptors (Lipinski definition) is 4. The van der Waals surface area contributed by atoms with Crippen molar-refractivity contribution < 1.29 is 13.9 Å². The zero-order valence-corrected chi connectivity index (χ0v) is 10.4. The summed E-state index contributed by atoms with van der Waals surface area (Å²) in [5, 5.41) is 8.72. The number of benzene rings is 1. The van der Waals surface area contributed by atoms with Gasteiger partial charge in [-0.05, 0) is 24.7 Å². The topological polar surface area (TPSA) is 53.3 Å². The van der Waals surface area contributed by atoms with E-state index in [1.807, 2.05) is 11.9 Å². The van der Waals surface area contributed by atoms with Crippen LogP contribution in [0.2, 0.25) is 0 Å². The second kappa shape index (κ2) is 6.72. The molecular formula is C13H15FN2O2. The molecule has 0 aromatic heterocycles. The number of nitrogens with zero attached hydrogens (tertiary/aromatic N) is 2. The number of hydrogen-bond donors (Lipinski definition) is 0. The fraction of sp³-hybridized carbons (Fsp3) is 0.385. The quantitative estimate of drug-likeness (QED) is 0.746. The lowest BCUT2D eigenvalue weighted by Crippen LogP contribution is -2.21. The van der Waals surface area contributed by atoms with Gasteiger partial charge in [0.1, 0.15) is 11.9 Å². The number of esters is 1. The van der Waals surface area contributed by atoms with Crippen molar-refractivity contribution in [2.45, 2.75) is 13.0 Å². The molecule has 0 fully saturated rings. The van der Waals surface area contributed by atoms with Crippen molar-refractivity contribution >= 4 is 5.97 Å². The summed E-state index contributed by atoms with van der Waals surface area (Å²) in [6.45, 7) is 1.10. The lowest BCUT2D eigenvalue weighted by atomic mass is 10.1. The number of nitriles is 1. The molecule has 0 radical (unpaired) electrons. The van der Waals surface area contributed by atoms with Crippen LogP contribution in [0.25, 0.3) is 0 Å². The Hall–Kier alpha value is -1.93. The first-order valence-electron chi connectivity index (χ1n) is 5.50. The molecule has 4 nitrogen and oxygen atoms in total. The molecule has 1 aromatic rings. The first-order valence-corrected chi connectivity index (χ1v) is 5.50. The Morgan fingerprint density at radius 1 is 1.56 bits per heavy atom. The van der Waals surface area contributed by atoms with E-state index < -0.39 is 5.82 Å². The largest absolute Gasteiger partial charge is 0.469 e. The number of halogens is 1. The van der Waals surface area contributed by atoms with Gasteiger partial charge in [0.2, 0.25) is 0 Å². The molecule has 18 heavy (non-hydrogen) atoms. The molecule has 0 saturated heterocycles. The Labute approximate surface area is 106 Å². The molecule has 0 unspecified atom stereocenters. The molecule has 0 aliphatic heterocycles. The minimum absolute atomic E-state index is 0.0360. The smallest absolute Gasteiger partial charge is 0.306 e. The van der Waals surface area contributed by atoms with Crippen LogP contribution in [0.5, 0.6) is 0 Å². The highest BCUT2D eigenvalue weighted by atomic mass is 19.1. The molecule has 0 spiro atoms. The molecule has 0 bridgehead atoms. The van der Waals surface area contributed by atoms with Crippen molar-refractivity contribution in [3.63, 3.8) is 0 Å². The molecule has 0 N–H and O–H groups in total. The van der Waals surface area contributed by atoms with Gasteiger partial charge in [-0.25, -0.2) is 4.39 Å². The van der Waals surface area contributed by atoms with Gasteiger partial charge in [0, 0.05) is 13.1 Å². The zero-order valence-electron chi connectivity index (χ0n) is 10.4. The van der Waals surface area contributed by atoms with E-state index in [1.165, 1.54) is 19.2 Å². The fourth-order valence-corrected chi connectivity index (χ4v) is 1.53. The third-order valence-corrected chi connectivity index (χ3v) is 2.53. The van der Waals surface area contributed by atoms with Crippen LogP contribution in [0.4, 0.5) is 4.39 Å². The summed E-state index contributed by atoms with van der Waals surface area (Å²) >= 11 is 0. The first kappa shape index (κ1) is 14.1. The molecule has 0 aliphatic rings. The van der Waals surface area contributed by atoms with E-state index in [4.69, 9.17) is 5.26 Å². The van der Waals surface area contributed by atoms with Crippen LogP contribution in [0.3, 0.4) is 0 Å². The van der Waals surface area contributed by atoms with E-state index in [1.54, 1.807) is 12.1 Å². The third-order valence-electron chi connectivity index (χ3n) is 2.53. The predicted octanol–water partition coefficient (Wildman–Crippen LogP) is 1.69. The molecule has 1 aromatic carbocycles. The number of rotatable bonds is 5. The minimum atomic E-state index is -0.515. The molecule has 0 saturated carbocycles. The average Bonchev–Trinajstić information content (AvgIpc) is 2.38. The molecular weight excluding hydrogens is 235 g/mol. The maximum absolute atomic E-state index is 13.1. The van der Waals surface area contributed by atoms with Crippen molar-refractivity contribution in [2.75, 3.05) is 20.7 Å². The predicted molar refractivity (Wildman–Crippen MR) is 64.1 cm³/mol. The highest BCUT2D eigenvalue weighted by Crippen LogP contribution is 2.11. The Balaban J connectivity index is 2.57. The SMILES string of the molecule is COC(=O)CCN(C)Cc1ccc(F)c(C#N)c1. The number of methoxy groups -OCH3 is 1. The van der Waals surface area contributed by atoms with Crippen molar-refractivity contribution in [2.24, 2.45) is 0 Å². The highest BCUT2D eigenvalue weighted by Gasteiger charge is 2.07. The van der Waals surface area contributed by atoms with Gasteiger partial charge in [0.15, 0.2) is 0 Å². The molecule has 0 aliphatic carbocycles. The summed E-state index contributed by atoms with van der Waals surface area (Å²) in [5.74, 6) is -0.780. The van der Waals surface area contributed by atoms with E-state index in [9.17, 15) is 9.18 Å². The zero-order chi connectivity index (χ0) is 13.5. The highest BCUT2D eigenvalue weighted by molar-refractivity contribution is 5.69. The van der Waals surface area contributed by atoms with Crippen LogP contribution in [0.15, 0.2) is 18.2 Å². The van der Waals surface area contributed by atoms with Crippen LogP contribution < -0.4 is 0 Å². The molecule has 1 rings (SSSR count). The second-order valence-electron chi connectivity index (χ2n) is 3.99. The number of carbonyl (C=O) groups is 1. The summed E-state index contributed by atoms with van der Waals surface area (Å²) < 4.78 is 17.7. The molecule has 0 atom stereocenters. The van der Waals surface area contributed by atoms with Gasteiger partial charge < -0.3 is 9.64 Å². The minimum Gasteiger partial charge on any atom is -0.469 e. The standard InChI is InChI=1S/C13H15FN2O2/c1-16(6-5-13(17)18-2)9-10-3-4-12(14)11(7-10)8-15/h3-4,7H,5-6,9H2,1-2H3. The summed E-state index contributed by atoms with van der Waals surface area (Å²) in [4.78, 5) is 12.9. The summed E-state index contributed by atoms with van der Waals surface area (Å²) in [7, 11) is 3.19. The lowest BCUT2D eigenvalue weighted by molar-refractivity contribution is -0.140. The maximum atomic E-state index is 13.1. The Morgan fingerprint density at radius 2 is 2.28 bits per heavy atom. The summed E-state index contributed by atoms with van der Waals surface area (Å²) in [6.07, 6.45) is 0.305. The maximum Gasteiger partial charge on any atom is 0.306 e. The van der Waals surface area contributed by atoms with Gasteiger partial charge in [-0.1, -0.05) is 6.07 Å². The van der Waals surface area contributed by atoms with Crippen LogP contribution in [0.1, 0.15) is 17.5 Å². The van der Waals surface area contributed by atoms with Crippen LogP contribution in [-0.4, -0.2) is 31.6 Å². The second-order valence-corrected chi connectivity index (χ2v) is 3.99. The molecule has 0 amide bonds. The van der Waals surface area contributed by atoms with Crippen LogP contribution in [0, 0.1) is 17.1 Å². The normalized spacial score (nSPS) is 10.2. The Morgan fingerprint density at radius 3 is 2.89 bits per heavy atom. The van der Waals surface area contributed by atoms with Crippen molar-refractivity contribution in [1.82, 2.24) is 4.90 Å². The van der Waals surface area contributed by atoms with E-state index >= 15 is 0 Å². The Bertz CT molecular complexity index is 469. The summed E-state index contributed by atoms with van der Waals surface area (Å²) in [6, 6.07) is 6.23.